The molecule has 0 aliphatic rings. The van der Waals surface area contributed by atoms with Crippen molar-refractivity contribution in [2.75, 3.05) is 0 Å². The van der Waals surface area contributed by atoms with Gasteiger partial charge in [-0.25, -0.2) is 0 Å². The summed E-state index contributed by atoms with van der Waals surface area (Å²) in [6, 6.07) is 12.0. The number of halogens is 1. The maximum absolute atomic E-state index is 13.8. The molecule has 246 valence electrons. The molecule has 10 N–H and O–H groups in total. The summed E-state index contributed by atoms with van der Waals surface area (Å²) in [5.41, 5.74) is 8.12. The van der Waals surface area contributed by atoms with Gasteiger partial charge in [0.05, 0.1) is 6.04 Å². The van der Waals surface area contributed by atoms with Gasteiger partial charge >= 0.3 is 0 Å². The van der Waals surface area contributed by atoms with Gasteiger partial charge in [0.25, 0.3) is 5.91 Å². The number of nitrogens with one attached hydrogen (secondary N) is 4. The van der Waals surface area contributed by atoms with E-state index in [9.17, 15) is 34.8 Å². The van der Waals surface area contributed by atoms with Crippen molar-refractivity contribution in [1.29, 1.82) is 0 Å². The van der Waals surface area contributed by atoms with E-state index in [1.807, 2.05) is 25.1 Å². The van der Waals surface area contributed by atoms with Crippen molar-refractivity contribution in [3.8, 4) is 23.0 Å². The zero-order valence-electron chi connectivity index (χ0n) is 25.6. The van der Waals surface area contributed by atoms with Gasteiger partial charge in [-0.2, -0.15) is 0 Å². The Labute approximate surface area is 279 Å². The average molecular weight is 707 g/mol. The summed E-state index contributed by atoms with van der Waals surface area (Å²) in [4.78, 5) is 43.6. The van der Waals surface area contributed by atoms with Crippen LogP contribution in [0.2, 0.25) is 0 Å². The third-order valence-electron chi connectivity index (χ3n) is 7.64. The fraction of sp³-hybridized carbons (Fsp3) is 0.206. The van der Waals surface area contributed by atoms with Crippen LogP contribution in [0.1, 0.15) is 37.0 Å². The molecule has 0 aliphatic heterocycles. The molecule has 0 aliphatic carbocycles. The molecular weight excluding hydrogens is 670 g/mol. The smallest absolute Gasteiger partial charge is 0.268 e. The summed E-state index contributed by atoms with van der Waals surface area (Å²) in [6.07, 6.45) is 6.60. The Morgan fingerprint density at radius 2 is 1.64 bits per heavy atom. The molecule has 0 spiro atoms. The van der Waals surface area contributed by atoms with Crippen LogP contribution in [0.15, 0.2) is 77.2 Å². The molecule has 0 bridgehead atoms. The van der Waals surface area contributed by atoms with Gasteiger partial charge in [0, 0.05) is 34.2 Å². The number of hydrogen-bond acceptors (Lipinski definition) is 8. The summed E-state index contributed by atoms with van der Waals surface area (Å²) in [7, 11) is 0. The minimum atomic E-state index is -1.15. The molecule has 47 heavy (non-hydrogen) atoms. The summed E-state index contributed by atoms with van der Waals surface area (Å²) in [5, 5.41) is 48.1. The van der Waals surface area contributed by atoms with Crippen LogP contribution in [-0.4, -0.2) is 55.2 Å². The van der Waals surface area contributed by atoms with Gasteiger partial charge in [-0.1, -0.05) is 54.4 Å². The van der Waals surface area contributed by atoms with Gasteiger partial charge in [-0.15, -0.1) is 0 Å². The second-order valence-electron chi connectivity index (χ2n) is 11.0. The number of fused-ring (bicyclic) bond motifs is 1. The molecule has 3 atom stereocenters. The van der Waals surface area contributed by atoms with Crippen LogP contribution < -0.4 is 21.7 Å². The summed E-state index contributed by atoms with van der Waals surface area (Å²) in [5.74, 6) is -4.26. The second-order valence-corrected chi connectivity index (χ2v) is 11.9. The Morgan fingerprint density at radius 1 is 0.957 bits per heavy atom. The molecule has 3 aromatic carbocycles. The molecule has 13 heteroatoms. The molecule has 0 saturated heterocycles. The van der Waals surface area contributed by atoms with Gasteiger partial charge in [0.15, 0.2) is 17.2 Å². The highest BCUT2D eigenvalue weighted by atomic mass is 79.9. The summed E-state index contributed by atoms with van der Waals surface area (Å²) >= 11 is 3.44. The average Bonchev–Trinajstić information content (AvgIpc) is 3.44. The van der Waals surface area contributed by atoms with E-state index in [-0.39, 0.29) is 29.3 Å². The van der Waals surface area contributed by atoms with Crippen molar-refractivity contribution >= 4 is 56.7 Å². The van der Waals surface area contributed by atoms with E-state index in [1.165, 1.54) is 24.4 Å². The van der Waals surface area contributed by atoms with Crippen LogP contribution in [0.25, 0.3) is 23.1 Å². The Balaban J connectivity index is 1.67. The van der Waals surface area contributed by atoms with E-state index >= 15 is 0 Å². The Hall–Kier alpha value is -5.27. The number of aromatic amines is 1. The monoisotopic (exact) mass is 705 g/mol. The van der Waals surface area contributed by atoms with Crippen LogP contribution >= 0.6 is 15.9 Å². The maximum atomic E-state index is 13.8. The second kappa shape index (κ2) is 15.3. The van der Waals surface area contributed by atoms with Gasteiger partial charge in [0.1, 0.15) is 17.5 Å². The van der Waals surface area contributed by atoms with Gasteiger partial charge in [-0.05, 0) is 71.2 Å². The number of aromatic hydroxyl groups is 4. The van der Waals surface area contributed by atoms with Crippen LogP contribution in [0, 0.1) is 5.92 Å². The Bertz CT molecular complexity index is 1810. The molecule has 0 saturated carbocycles. The number of amides is 3. The number of H-pyrrole nitrogens is 1. The van der Waals surface area contributed by atoms with Crippen LogP contribution in [0.5, 0.6) is 23.0 Å². The molecule has 0 fully saturated rings. The van der Waals surface area contributed by atoms with Crippen molar-refractivity contribution in [2.24, 2.45) is 11.7 Å². The van der Waals surface area contributed by atoms with Crippen molar-refractivity contribution in [1.82, 2.24) is 20.9 Å². The molecule has 1 aromatic heterocycles. The standard InChI is InChI=1S/C34H36BrN5O7/c1-3-18(2)30(36)34(47)40-26(12-20-13-28(42)31(44)29(43)14-20)33(46)39-27(15-21-17-38-25-16-22(35)6-9-24(21)25)32(45)37-11-10-19-4-7-23(41)8-5-19/h4-14,16-18,27,30,38,41-44H,3,15,36H2,1-2H3,(H,37,45)(H,39,46)(H,40,47)/b11-10+,26-12-/t18-,27+,30+/m1/s1. The van der Waals surface area contributed by atoms with Gasteiger partial charge in [0.2, 0.25) is 11.8 Å². The first kappa shape index (κ1) is 34.6. The Kier molecular flexibility index (Phi) is 11.3. The summed E-state index contributed by atoms with van der Waals surface area (Å²) < 4.78 is 0.854. The number of benzene rings is 3. The molecule has 0 radical (unpaired) electrons. The molecule has 4 rings (SSSR count). The first-order chi connectivity index (χ1) is 22.4. The van der Waals surface area contributed by atoms with E-state index in [0.29, 0.717) is 12.0 Å². The van der Waals surface area contributed by atoms with E-state index in [2.05, 4.69) is 36.9 Å². The number of phenolic OH excluding ortho intramolecular Hbond substituents is 4. The molecule has 3 amide bonds. The predicted molar refractivity (Wildman–Crippen MR) is 182 cm³/mol. The van der Waals surface area contributed by atoms with Crippen molar-refractivity contribution < 1.29 is 34.8 Å². The fourth-order valence-electron chi connectivity index (χ4n) is 4.66. The van der Waals surface area contributed by atoms with E-state index in [4.69, 9.17) is 5.73 Å². The highest BCUT2D eigenvalue weighted by molar-refractivity contribution is 9.10. The van der Waals surface area contributed by atoms with Crippen LogP contribution in [0.4, 0.5) is 0 Å². The fourth-order valence-corrected chi connectivity index (χ4v) is 5.02. The number of carbonyl (C=O) groups excluding carboxylic acids is 3. The maximum Gasteiger partial charge on any atom is 0.268 e. The first-order valence-corrected chi connectivity index (χ1v) is 15.5. The van der Waals surface area contributed by atoms with Gasteiger partial charge < -0.3 is 47.1 Å². The number of phenols is 4. The number of aromatic nitrogens is 1. The minimum absolute atomic E-state index is 0.0562. The third-order valence-corrected chi connectivity index (χ3v) is 8.13. The predicted octanol–water partition coefficient (Wildman–Crippen LogP) is 4.10. The lowest BCUT2D eigenvalue weighted by Gasteiger charge is -2.21. The van der Waals surface area contributed by atoms with Crippen molar-refractivity contribution in [3.63, 3.8) is 0 Å². The lowest BCUT2D eigenvalue weighted by atomic mass is 9.99. The SMILES string of the molecule is CC[C@@H](C)[C@H](N)C(=O)N/C(=C\c1cc(O)c(O)c(O)c1)C(=O)N[C@@H](Cc1c[nH]c2cc(Br)ccc12)C(=O)N/C=C/c1ccc(O)cc1. The van der Waals surface area contributed by atoms with E-state index in [1.54, 1.807) is 31.3 Å². The highest BCUT2D eigenvalue weighted by Crippen LogP contribution is 2.36. The first-order valence-electron chi connectivity index (χ1n) is 14.7. The number of nitrogens with two attached hydrogens (primary N) is 1. The van der Waals surface area contributed by atoms with E-state index < -0.39 is 47.1 Å². The normalized spacial score (nSPS) is 13.7. The lowest BCUT2D eigenvalue weighted by molar-refractivity contribution is -0.128. The number of hydrogen-bond donors (Lipinski definition) is 9. The summed E-state index contributed by atoms with van der Waals surface area (Å²) in [6.45, 7) is 3.65. The highest BCUT2D eigenvalue weighted by Gasteiger charge is 2.27. The number of rotatable bonds is 12. The third kappa shape index (κ3) is 8.93. The molecule has 0 unspecified atom stereocenters. The quantitative estimate of drug-likeness (QED) is 0.0772. The molecule has 4 aromatic rings. The number of carbonyl (C=O) groups is 3. The topological polar surface area (TPSA) is 210 Å². The molecule has 1 heterocycles. The van der Waals surface area contributed by atoms with Crippen molar-refractivity contribution in [3.05, 3.63) is 93.9 Å². The zero-order chi connectivity index (χ0) is 34.2. The molecule has 12 nitrogen and oxygen atoms in total. The van der Waals surface area contributed by atoms with Gasteiger partial charge in [-0.3, -0.25) is 14.4 Å². The zero-order valence-corrected chi connectivity index (χ0v) is 27.2. The van der Waals surface area contributed by atoms with Crippen LogP contribution in [-0.2, 0) is 20.8 Å². The molecular formula is C34H36BrN5O7. The minimum Gasteiger partial charge on any atom is -0.508 e. The largest absolute Gasteiger partial charge is 0.508 e. The van der Waals surface area contributed by atoms with E-state index in [0.717, 1.165) is 33.1 Å². The lowest BCUT2D eigenvalue weighted by Crippen LogP contribution is -2.51. The Morgan fingerprint density at radius 3 is 2.30 bits per heavy atom. The van der Waals surface area contributed by atoms with Crippen LogP contribution in [0.3, 0.4) is 0 Å². The van der Waals surface area contributed by atoms with Crippen molar-refractivity contribution in [2.45, 2.75) is 38.8 Å².